The van der Waals surface area contributed by atoms with E-state index in [2.05, 4.69) is 9.97 Å². The summed E-state index contributed by atoms with van der Waals surface area (Å²) in [6, 6.07) is 9.30. The van der Waals surface area contributed by atoms with Crippen LogP contribution in [0.5, 0.6) is 5.75 Å². The van der Waals surface area contributed by atoms with Crippen molar-refractivity contribution >= 4 is 27.5 Å². The topological polar surface area (TPSA) is 81.3 Å². The summed E-state index contributed by atoms with van der Waals surface area (Å²) in [5.74, 6) is 0.794. The fraction of sp³-hybridized carbons (Fsp3) is 0.235. The number of aryl methyl sites for hydroxylation is 1. The first-order valence-corrected chi connectivity index (χ1v) is 8.28. The number of benzene rings is 1. The van der Waals surface area contributed by atoms with Crippen molar-refractivity contribution in [3.05, 3.63) is 57.5 Å². The third-order valence-electron chi connectivity index (χ3n) is 3.51. The Morgan fingerprint density at radius 3 is 2.79 bits per heavy atom. The molecule has 0 aliphatic carbocycles. The molecule has 0 aliphatic rings. The molecule has 6 nitrogen and oxygen atoms in total. The van der Waals surface area contributed by atoms with E-state index < -0.39 is 0 Å². The van der Waals surface area contributed by atoms with Crippen LogP contribution in [0, 0.1) is 0 Å². The van der Waals surface area contributed by atoms with E-state index in [9.17, 15) is 9.59 Å². The molecule has 24 heavy (non-hydrogen) atoms. The van der Waals surface area contributed by atoms with E-state index in [1.54, 1.807) is 18.6 Å². The van der Waals surface area contributed by atoms with Gasteiger partial charge in [0.25, 0.3) is 5.56 Å². The summed E-state index contributed by atoms with van der Waals surface area (Å²) < 4.78 is 10.8. The Hall–Kier alpha value is -2.67. The summed E-state index contributed by atoms with van der Waals surface area (Å²) in [4.78, 5) is 30.6. The molecular formula is C17H16N2O4S. The number of esters is 1. The van der Waals surface area contributed by atoms with Crippen molar-refractivity contribution in [2.24, 2.45) is 0 Å². The second-order valence-corrected chi connectivity index (χ2v) is 6.07. The van der Waals surface area contributed by atoms with E-state index in [0.29, 0.717) is 22.5 Å². The number of aromatic nitrogens is 2. The Kier molecular flexibility index (Phi) is 4.90. The zero-order valence-corrected chi connectivity index (χ0v) is 13.9. The summed E-state index contributed by atoms with van der Waals surface area (Å²) >= 11 is 1.33. The second kappa shape index (κ2) is 7.27. The number of nitrogens with one attached hydrogen (secondary N) is 1. The maximum absolute atomic E-state index is 11.8. The van der Waals surface area contributed by atoms with Crippen molar-refractivity contribution in [2.45, 2.75) is 19.4 Å². The molecule has 1 aromatic carbocycles. The third kappa shape index (κ3) is 3.80. The Balaban J connectivity index is 1.53. The lowest BCUT2D eigenvalue weighted by Gasteiger charge is -2.05. The van der Waals surface area contributed by atoms with Crippen LogP contribution in [-0.2, 0) is 22.6 Å². The molecule has 0 atom stereocenters. The van der Waals surface area contributed by atoms with Gasteiger partial charge in [-0.2, -0.15) is 0 Å². The molecule has 1 N–H and O–H groups in total. The molecule has 0 unspecified atom stereocenters. The number of methoxy groups -OCH3 is 1. The number of H-pyrrole nitrogens is 1. The molecule has 0 saturated carbocycles. The van der Waals surface area contributed by atoms with Gasteiger partial charge in [-0.1, -0.05) is 12.1 Å². The molecule has 0 bridgehead atoms. The third-order valence-corrected chi connectivity index (χ3v) is 4.41. The van der Waals surface area contributed by atoms with Crippen molar-refractivity contribution < 1.29 is 14.3 Å². The van der Waals surface area contributed by atoms with Crippen LogP contribution in [0.4, 0.5) is 0 Å². The molecular weight excluding hydrogens is 328 g/mol. The van der Waals surface area contributed by atoms with E-state index in [-0.39, 0.29) is 24.6 Å². The normalized spacial score (nSPS) is 10.7. The van der Waals surface area contributed by atoms with Crippen LogP contribution in [0.15, 0.2) is 40.5 Å². The Bertz CT molecular complexity index is 899. The van der Waals surface area contributed by atoms with Gasteiger partial charge < -0.3 is 14.5 Å². The number of fused-ring (bicyclic) bond motifs is 1. The molecule has 0 spiro atoms. The van der Waals surface area contributed by atoms with Crippen LogP contribution >= 0.6 is 11.3 Å². The molecule has 7 heteroatoms. The van der Waals surface area contributed by atoms with Gasteiger partial charge in [0.15, 0.2) is 0 Å². The summed E-state index contributed by atoms with van der Waals surface area (Å²) in [6.45, 7) is -0.0392. The Morgan fingerprint density at radius 2 is 2.04 bits per heavy atom. The highest BCUT2D eigenvalue weighted by atomic mass is 32.1. The SMILES string of the molecule is COc1ccc(CCC(=O)OCc2nc3ccsc3c(=O)[nH]2)cc1. The first kappa shape index (κ1) is 16.2. The molecule has 0 saturated heterocycles. The van der Waals surface area contributed by atoms with E-state index in [4.69, 9.17) is 9.47 Å². The number of aromatic amines is 1. The fourth-order valence-corrected chi connectivity index (χ4v) is 2.98. The van der Waals surface area contributed by atoms with Gasteiger partial charge in [-0.05, 0) is 35.6 Å². The minimum absolute atomic E-state index is 0.0392. The highest BCUT2D eigenvalue weighted by Gasteiger charge is 2.08. The van der Waals surface area contributed by atoms with Crippen LogP contribution in [0.2, 0.25) is 0 Å². The highest BCUT2D eigenvalue weighted by molar-refractivity contribution is 7.17. The van der Waals surface area contributed by atoms with Crippen molar-refractivity contribution in [3.63, 3.8) is 0 Å². The van der Waals surface area contributed by atoms with Crippen molar-refractivity contribution in [1.29, 1.82) is 0 Å². The van der Waals surface area contributed by atoms with Crippen LogP contribution in [-0.4, -0.2) is 23.0 Å². The largest absolute Gasteiger partial charge is 0.497 e. The number of hydrogen-bond acceptors (Lipinski definition) is 6. The predicted molar refractivity (Wildman–Crippen MR) is 91.4 cm³/mol. The van der Waals surface area contributed by atoms with Gasteiger partial charge >= 0.3 is 5.97 Å². The number of carbonyl (C=O) groups is 1. The van der Waals surface area contributed by atoms with Gasteiger partial charge in [-0.3, -0.25) is 9.59 Å². The van der Waals surface area contributed by atoms with Crippen LogP contribution in [0.1, 0.15) is 17.8 Å². The molecule has 0 radical (unpaired) electrons. The van der Waals surface area contributed by atoms with Crippen molar-refractivity contribution in [1.82, 2.24) is 9.97 Å². The number of rotatable bonds is 6. The molecule has 2 heterocycles. The fourth-order valence-electron chi connectivity index (χ4n) is 2.25. The van der Waals surface area contributed by atoms with Gasteiger partial charge in [0, 0.05) is 6.42 Å². The zero-order valence-electron chi connectivity index (χ0n) is 13.1. The molecule has 0 aliphatic heterocycles. The van der Waals surface area contributed by atoms with Gasteiger partial charge in [-0.25, -0.2) is 4.98 Å². The van der Waals surface area contributed by atoms with Crippen molar-refractivity contribution in [3.8, 4) is 5.75 Å². The average Bonchev–Trinajstić information content (AvgIpc) is 3.08. The van der Waals surface area contributed by atoms with Crippen molar-refractivity contribution in [2.75, 3.05) is 7.11 Å². The lowest BCUT2D eigenvalue weighted by Crippen LogP contribution is -2.13. The smallest absolute Gasteiger partial charge is 0.306 e. The lowest BCUT2D eigenvalue weighted by molar-refractivity contribution is -0.145. The molecule has 2 aromatic heterocycles. The molecule has 3 rings (SSSR count). The molecule has 0 amide bonds. The molecule has 124 valence electrons. The maximum Gasteiger partial charge on any atom is 0.306 e. The summed E-state index contributed by atoms with van der Waals surface area (Å²) in [5, 5.41) is 1.80. The highest BCUT2D eigenvalue weighted by Crippen LogP contribution is 2.14. The quantitative estimate of drug-likeness (QED) is 0.695. The second-order valence-electron chi connectivity index (χ2n) is 5.16. The minimum Gasteiger partial charge on any atom is -0.497 e. The van der Waals surface area contributed by atoms with E-state index in [1.807, 2.05) is 24.3 Å². The van der Waals surface area contributed by atoms with Crippen LogP contribution < -0.4 is 10.3 Å². The van der Waals surface area contributed by atoms with Crippen LogP contribution in [0.3, 0.4) is 0 Å². The van der Waals surface area contributed by atoms with Gasteiger partial charge in [-0.15, -0.1) is 11.3 Å². The minimum atomic E-state index is -0.334. The lowest BCUT2D eigenvalue weighted by atomic mass is 10.1. The maximum atomic E-state index is 11.8. The number of thiophene rings is 1. The van der Waals surface area contributed by atoms with Crippen LogP contribution in [0.25, 0.3) is 10.2 Å². The first-order chi connectivity index (χ1) is 11.7. The monoisotopic (exact) mass is 344 g/mol. The number of hydrogen-bond donors (Lipinski definition) is 1. The molecule has 0 fully saturated rings. The number of ether oxygens (including phenoxy) is 2. The summed E-state index contributed by atoms with van der Waals surface area (Å²) in [6.07, 6.45) is 0.841. The van der Waals surface area contributed by atoms with Gasteiger partial charge in [0.05, 0.1) is 12.6 Å². The summed E-state index contributed by atoms with van der Waals surface area (Å²) in [7, 11) is 1.61. The van der Waals surface area contributed by atoms with E-state index in [0.717, 1.165) is 11.3 Å². The predicted octanol–water partition coefficient (Wildman–Crippen LogP) is 2.67. The first-order valence-electron chi connectivity index (χ1n) is 7.40. The Morgan fingerprint density at radius 1 is 1.25 bits per heavy atom. The summed E-state index contributed by atoms with van der Waals surface area (Å²) in [5.41, 5.74) is 1.44. The molecule has 3 aromatic rings. The van der Waals surface area contributed by atoms with Gasteiger partial charge in [0.2, 0.25) is 0 Å². The zero-order chi connectivity index (χ0) is 16.9. The number of carbonyl (C=O) groups excluding carboxylic acids is 1. The number of nitrogens with zero attached hydrogens (tertiary/aromatic N) is 1. The Labute approximate surface area is 142 Å². The standard InChI is InChI=1S/C17H16N2O4S/c1-22-12-5-2-11(3-6-12)4-7-15(20)23-10-14-18-13-8-9-24-16(13)17(21)19-14/h2-3,5-6,8-9H,4,7,10H2,1H3,(H,18,19,21). The average molecular weight is 344 g/mol. The van der Waals surface area contributed by atoms with E-state index >= 15 is 0 Å². The van der Waals surface area contributed by atoms with E-state index in [1.165, 1.54) is 11.3 Å². The van der Waals surface area contributed by atoms with Gasteiger partial charge in [0.1, 0.15) is 22.9 Å².